The normalized spacial score (nSPS) is 12.4. The van der Waals surface area contributed by atoms with Crippen LogP contribution in [-0.2, 0) is 0 Å². The smallest absolute Gasteiger partial charge is 0.0730 e. The number of aromatic nitrogens is 1. The SMILES string of the molecule is Cc1ccncc1C(NN)c1cc(Br)ccc1C. The minimum absolute atomic E-state index is 0.0452. The molecule has 0 saturated carbocycles. The lowest BCUT2D eigenvalue weighted by Crippen LogP contribution is -2.30. The van der Waals surface area contributed by atoms with E-state index >= 15 is 0 Å². The third-order valence-corrected chi connectivity index (χ3v) is 3.60. The van der Waals surface area contributed by atoms with Gasteiger partial charge in [0.1, 0.15) is 0 Å². The molecule has 2 rings (SSSR count). The van der Waals surface area contributed by atoms with Crippen LogP contribution in [0.3, 0.4) is 0 Å². The molecule has 0 fully saturated rings. The van der Waals surface area contributed by atoms with Crippen LogP contribution in [0.1, 0.15) is 28.3 Å². The topological polar surface area (TPSA) is 50.9 Å². The largest absolute Gasteiger partial charge is 0.271 e. The van der Waals surface area contributed by atoms with Crippen molar-refractivity contribution in [3.8, 4) is 0 Å². The molecule has 0 amide bonds. The first-order valence-electron chi connectivity index (χ1n) is 5.76. The van der Waals surface area contributed by atoms with Crippen molar-refractivity contribution in [2.24, 2.45) is 5.84 Å². The van der Waals surface area contributed by atoms with Crippen molar-refractivity contribution in [2.75, 3.05) is 0 Å². The van der Waals surface area contributed by atoms with E-state index in [4.69, 9.17) is 5.84 Å². The van der Waals surface area contributed by atoms with Crippen LogP contribution in [0.25, 0.3) is 0 Å². The van der Waals surface area contributed by atoms with E-state index in [0.29, 0.717) is 0 Å². The highest BCUT2D eigenvalue weighted by molar-refractivity contribution is 9.10. The number of nitrogens with one attached hydrogen (secondary N) is 1. The fraction of sp³-hybridized carbons (Fsp3) is 0.214. The van der Waals surface area contributed by atoms with E-state index in [1.165, 1.54) is 11.1 Å². The van der Waals surface area contributed by atoms with Gasteiger partial charge in [0.25, 0.3) is 0 Å². The lowest BCUT2D eigenvalue weighted by atomic mass is 9.94. The first kappa shape index (κ1) is 13.2. The summed E-state index contributed by atoms with van der Waals surface area (Å²) < 4.78 is 1.05. The lowest BCUT2D eigenvalue weighted by Gasteiger charge is -2.20. The van der Waals surface area contributed by atoms with Crippen molar-refractivity contribution < 1.29 is 0 Å². The van der Waals surface area contributed by atoms with E-state index in [9.17, 15) is 0 Å². The molecule has 0 radical (unpaired) electrons. The Morgan fingerprint density at radius 1 is 1.17 bits per heavy atom. The Balaban J connectivity index is 2.52. The number of hydrazine groups is 1. The predicted molar refractivity (Wildman–Crippen MR) is 77.0 cm³/mol. The summed E-state index contributed by atoms with van der Waals surface area (Å²) in [6, 6.07) is 8.15. The number of aryl methyl sites for hydroxylation is 2. The van der Waals surface area contributed by atoms with Gasteiger partial charge in [-0.15, -0.1) is 0 Å². The van der Waals surface area contributed by atoms with Crippen molar-refractivity contribution in [3.05, 3.63) is 63.4 Å². The van der Waals surface area contributed by atoms with Crippen LogP contribution in [0.15, 0.2) is 41.1 Å². The molecule has 1 heterocycles. The average Bonchev–Trinajstić information content (AvgIpc) is 2.36. The quantitative estimate of drug-likeness (QED) is 0.677. The zero-order valence-electron chi connectivity index (χ0n) is 10.4. The van der Waals surface area contributed by atoms with Gasteiger partial charge in [-0.3, -0.25) is 10.8 Å². The minimum atomic E-state index is -0.0452. The van der Waals surface area contributed by atoms with Crippen molar-refractivity contribution in [3.63, 3.8) is 0 Å². The van der Waals surface area contributed by atoms with Gasteiger partial charge in [0.15, 0.2) is 0 Å². The maximum Gasteiger partial charge on any atom is 0.0730 e. The van der Waals surface area contributed by atoms with Crippen LogP contribution in [0.4, 0.5) is 0 Å². The van der Waals surface area contributed by atoms with E-state index in [1.807, 2.05) is 18.3 Å². The molecule has 4 heteroatoms. The summed E-state index contributed by atoms with van der Waals surface area (Å²) in [7, 11) is 0. The number of pyridine rings is 1. The number of halogens is 1. The number of rotatable bonds is 3. The average molecular weight is 306 g/mol. The Hall–Kier alpha value is -1.23. The first-order valence-corrected chi connectivity index (χ1v) is 6.55. The zero-order chi connectivity index (χ0) is 13.1. The number of nitrogens with zero attached hydrogens (tertiary/aromatic N) is 1. The van der Waals surface area contributed by atoms with E-state index in [2.05, 4.69) is 52.3 Å². The van der Waals surface area contributed by atoms with E-state index in [-0.39, 0.29) is 6.04 Å². The van der Waals surface area contributed by atoms with Gasteiger partial charge in [0, 0.05) is 16.9 Å². The summed E-state index contributed by atoms with van der Waals surface area (Å²) >= 11 is 3.50. The molecule has 0 saturated heterocycles. The number of hydrogen-bond donors (Lipinski definition) is 2. The van der Waals surface area contributed by atoms with Crippen LogP contribution in [0, 0.1) is 13.8 Å². The molecule has 1 atom stereocenters. The van der Waals surface area contributed by atoms with Crippen LogP contribution >= 0.6 is 15.9 Å². The Morgan fingerprint density at radius 2 is 1.89 bits per heavy atom. The zero-order valence-corrected chi connectivity index (χ0v) is 12.0. The Labute approximate surface area is 116 Å². The summed E-state index contributed by atoms with van der Waals surface area (Å²) in [6.07, 6.45) is 3.65. The van der Waals surface area contributed by atoms with Gasteiger partial charge in [0.05, 0.1) is 6.04 Å². The maximum atomic E-state index is 5.73. The molecular weight excluding hydrogens is 290 g/mol. The molecule has 1 aromatic carbocycles. The van der Waals surface area contributed by atoms with Crippen molar-refractivity contribution >= 4 is 15.9 Å². The molecule has 1 aromatic heterocycles. The highest BCUT2D eigenvalue weighted by Crippen LogP contribution is 2.28. The van der Waals surface area contributed by atoms with Crippen LogP contribution in [-0.4, -0.2) is 4.98 Å². The van der Waals surface area contributed by atoms with Gasteiger partial charge in [-0.2, -0.15) is 0 Å². The molecule has 0 aliphatic carbocycles. The van der Waals surface area contributed by atoms with Crippen molar-refractivity contribution in [1.29, 1.82) is 0 Å². The van der Waals surface area contributed by atoms with E-state index < -0.39 is 0 Å². The van der Waals surface area contributed by atoms with Gasteiger partial charge in [0.2, 0.25) is 0 Å². The van der Waals surface area contributed by atoms with Crippen molar-refractivity contribution in [2.45, 2.75) is 19.9 Å². The molecule has 1 unspecified atom stereocenters. The van der Waals surface area contributed by atoms with Crippen LogP contribution < -0.4 is 11.3 Å². The second-order valence-corrected chi connectivity index (χ2v) is 5.25. The molecule has 94 valence electrons. The summed E-state index contributed by atoms with van der Waals surface area (Å²) in [5.74, 6) is 5.73. The molecule has 3 N–H and O–H groups in total. The number of benzene rings is 1. The Morgan fingerprint density at radius 3 is 2.56 bits per heavy atom. The molecule has 0 bridgehead atoms. The summed E-state index contributed by atoms with van der Waals surface area (Å²) in [4.78, 5) is 4.18. The monoisotopic (exact) mass is 305 g/mol. The molecule has 0 aliphatic rings. The lowest BCUT2D eigenvalue weighted by molar-refractivity contribution is 0.628. The third kappa shape index (κ3) is 2.61. The minimum Gasteiger partial charge on any atom is -0.271 e. The van der Waals surface area contributed by atoms with Crippen molar-refractivity contribution in [1.82, 2.24) is 10.4 Å². The molecule has 0 aliphatic heterocycles. The standard InChI is InChI=1S/C14H16BrN3/c1-9-3-4-11(15)7-12(9)14(18-16)13-8-17-6-5-10(13)2/h3-8,14,18H,16H2,1-2H3. The fourth-order valence-corrected chi connectivity index (χ4v) is 2.43. The number of hydrogen-bond acceptors (Lipinski definition) is 3. The van der Waals surface area contributed by atoms with Gasteiger partial charge in [-0.05, 0) is 54.3 Å². The van der Waals surface area contributed by atoms with Gasteiger partial charge < -0.3 is 0 Å². The first-order chi connectivity index (χ1) is 8.63. The summed E-state index contributed by atoms with van der Waals surface area (Å²) in [5, 5.41) is 0. The van der Waals surface area contributed by atoms with Crippen LogP contribution in [0.2, 0.25) is 0 Å². The maximum absolute atomic E-state index is 5.73. The predicted octanol–water partition coefficient (Wildman–Crippen LogP) is 3.01. The van der Waals surface area contributed by atoms with Gasteiger partial charge >= 0.3 is 0 Å². The number of nitrogens with two attached hydrogens (primary N) is 1. The molecule has 0 spiro atoms. The summed E-state index contributed by atoms with van der Waals surface area (Å²) in [6.45, 7) is 4.15. The third-order valence-electron chi connectivity index (χ3n) is 3.11. The Kier molecular flexibility index (Phi) is 4.11. The molecule has 3 nitrogen and oxygen atoms in total. The second kappa shape index (κ2) is 5.61. The van der Waals surface area contributed by atoms with E-state index in [1.54, 1.807) is 6.20 Å². The Bertz CT molecular complexity index is 554. The highest BCUT2D eigenvalue weighted by atomic mass is 79.9. The van der Waals surface area contributed by atoms with E-state index in [0.717, 1.165) is 15.6 Å². The highest BCUT2D eigenvalue weighted by Gasteiger charge is 2.17. The summed E-state index contributed by atoms with van der Waals surface area (Å²) in [5.41, 5.74) is 7.51. The molecule has 18 heavy (non-hydrogen) atoms. The van der Waals surface area contributed by atoms with Crippen LogP contribution in [0.5, 0.6) is 0 Å². The van der Waals surface area contributed by atoms with Gasteiger partial charge in [-0.25, -0.2) is 5.43 Å². The van der Waals surface area contributed by atoms with Gasteiger partial charge in [-0.1, -0.05) is 22.0 Å². The second-order valence-electron chi connectivity index (χ2n) is 4.33. The molecule has 2 aromatic rings. The fourth-order valence-electron chi connectivity index (χ4n) is 2.05. The molecular formula is C14H16BrN3.